The predicted molar refractivity (Wildman–Crippen MR) is 115 cm³/mol. The van der Waals surface area contributed by atoms with Crippen LogP contribution in [0, 0.1) is 5.82 Å². The number of ether oxygens (including phenoxy) is 2. The summed E-state index contributed by atoms with van der Waals surface area (Å²) in [5.41, 5.74) is 0.558. The summed E-state index contributed by atoms with van der Waals surface area (Å²) in [6.45, 7) is 1.09. The Balaban J connectivity index is 2.11. The number of amides is 1. The Morgan fingerprint density at radius 2 is 1.72 bits per heavy atom. The second kappa shape index (κ2) is 9.82. The number of benzene rings is 2. The van der Waals surface area contributed by atoms with Crippen LogP contribution in [-0.2, 0) is 9.59 Å². The zero-order chi connectivity index (χ0) is 23.4. The van der Waals surface area contributed by atoms with Crippen molar-refractivity contribution in [2.24, 2.45) is 0 Å². The van der Waals surface area contributed by atoms with Crippen molar-refractivity contribution < 1.29 is 33.5 Å². The molecule has 1 heterocycles. The van der Waals surface area contributed by atoms with Gasteiger partial charge in [-0.2, -0.15) is 0 Å². The zero-order valence-electron chi connectivity index (χ0n) is 18.6. The number of nitrogens with zero attached hydrogens (tertiary/aromatic N) is 1. The molecule has 0 radical (unpaired) electrons. The third-order valence-electron chi connectivity index (χ3n) is 5.44. The first-order valence-corrected chi connectivity index (χ1v) is 10.3. The Hall–Kier alpha value is -3.39. The van der Waals surface area contributed by atoms with Crippen LogP contribution in [0.3, 0.4) is 0 Å². The molecular weight excluding hydrogens is 415 g/mol. The van der Waals surface area contributed by atoms with Crippen molar-refractivity contribution >= 4 is 17.4 Å². The summed E-state index contributed by atoms with van der Waals surface area (Å²) in [6, 6.07) is 9.19. The quantitative estimate of drug-likeness (QED) is 0.368. The summed E-state index contributed by atoms with van der Waals surface area (Å²) >= 11 is 0. The highest BCUT2D eigenvalue weighted by Gasteiger charge is 2.44. The van der Waals surface area contributed by atoms with Gasteiger partial charge in [0.1, 0.15) is 5.82 Å². The monoisotopic (exact) mass is 442 g/mol. The van der Waals surface area contributed by atoms with E-state index in [-0.39, 0.29) is 11.1 Å². The van der Waals surface area contributed by atoms with E-state index < -0.39 is 29.3 Å². The lowest BCUT2D eigenvalue weighted by atomic mass is 9.95. The van der Waals surface area contributed by atoms with Gasteiger partial charge in [-0.1, -0.05) is 24.0 Å². The highest BCUT2D eigenvalue weighted by atomic mass is 19.1. The molecule has 0 bridgehead atoms. The largest absolute Gasteiger partial charge is 0.872 e. The van der Waals surface area contributed by atoms with Crippen LogP contribution in [0.1, 0.15) is 23.6 Å². The molecule has 0 saturated carbocycles. The van der Waals surface area contributed by atoms with Crippen LogP contribution in [0.4, 0.5) is 4.39 Å². The Morgan fingerprint density at radius 3 is 2.31 bits per heavy atom. The highest BCUT2D eigenvalue weighted by molar-refractivity contribution is 6.46. The molecule has 1 fully saturated rings. The van der Waals surface area contributed by atoms with Crippen molar-refractivity contribution in [3.63, 3.8) is 0 Å². The van der Waals surface area contributed by atoms with Gasteiger partial charge in [-0.15, -0.1) is 0 Å². The molecule has 1 amide bonds. The van der Waals surface area contributed by atoms with Gasteiger partial charge in [0.05, 0.1) is 40.9 Å². The maximum atomic E-state index is 13.5. The van der Waals surface area contributed by atoms with Gasteiger partial charge in [-0.05, 0) is 35.4 Å². The molecule has 32 heavy (non-hydrogen) atoms. The van der Waals surface area contributed by atoms with Gasteiger partial charge in [-0.25, -0.2) is 4.39 Å². The predicted octanol–water partition coefficient (Wildman–Crippen LogP) is 0.602. The van der Waals surface area contributed by atoms with Crippen LogP contribution in [0.2, 0.25) is 0 Å². The summed E-state index contributed by atoms with van der Waals surface area (Å²) in [7, 11) is 6.91. The van der Waals surface area contributed by atoms with Crippen LogP contribution in [0.5, 0.6) is 11.5 Å². The van der Waals surface area contributed by atoms with Crippen LogP contribution in [0.25, 0.3) is 5.76 Å². The van der Waals surface area contributed by atoms with Crippen LogP contribution in [-0.4, -0.2) is 58.0 Å². The molecule has 0 spiro atoms. The summed E-state index contributed by atoms with van der Waals surface area (Å²) in [6.07, 6.45) is 0.650. The standard InChI is InChI=1S/C24H27FN2O5/c1-26(2)12-5-13-27-21(15-6-9-17(25)10-7-15)20(23(29)24(27)30)22(28)16-8-11-18(31-3)19(14-16)32-4/h6-11,14,21,28H,5,12-13H2,1-4H3. The van der Waals surface area contributed by atoms with E-state index >= 15 is 0 Å². The Morgan fingerprint density at radius 1 is 1.06 bits per heavy atom. The van der Waals surface area contributed by atoms with Gasteiger partial charge < -0.3 is 24.4 Å². The molecular formula is C24H27FN2O5. The minimum atomic E-state index is -0.881. The van der Waals surface area contributed by atoms with Gasteiger partial charge in [0.25, 0.3) is 5.91 Å². The molecule has 1 aliphatic rings. The van der Waals surface area contributed by atoms with Crippen LogP contribution < -0.4 is 19.5 Å². The third kappa shape index (κ3) is 4.60. The molecule has 3 rings (SSSR count). The summed E-state index contributed by atoms with van der Waals surface area (Å²) in [5.74, 6) is -1.81. The van der Waals surface area contributed by atoms with Crippen molar-refractivity contribution in [3.8, 4) is 11.5 Å². The average Bonchev–Trinajstić information content (AvgIpc) is 3.03. The second-order valence-electron chi connectivity index (χ2n) is 7.90. The van der Waals surface area contributed by atoms with E-state index in [0.717, 1.165) is 6.54 Å². The first-order chi connectivity index (χ1) is 15.3. The summed E-state index contributed by atoms with van der Waals surface area (Å²) in [4.78, 5) is 28.5. The number of hydrogen-bond donors (Lipinski definition) is 1. The molecule has 1 aliphatic heterocycles. The van der Waals surface area contributed by atoms with Crippen molar-refractivity contribution in [3.05, 3.63) is 65.0 Å². The molecule has 0 aliphatic carbocycles. The minimum absolute atomic E-state index is 0.147. The topological polar surface area (TPSA) is 83.3 Å². The van der Waals surface area contributed by atoms with Crippen LogP contribution >= 0.6 is 0 Å². The normalized spacial score (nSPS) is 17.8. The molecule has 1 N–H and O–H groups in total. The maximum absolute atomic E-state index is 13.5. The molecule has 170 valence electrons. The molecule has 1 unspecified atom stereocenters. The van der Waals surface area contributed by atoms with E-state index in [9.17, 15) is 19.1 Å². The molecule has 1 atom stereocenters. The van der Waals surface area contributed by atoms with E-state index in [1.165, 1.54) is 60.4 Å². The lowest BCUT2D eigenvalue weighted by Crippen LogP contribution is -3.05. The molecule has 8 heteroatoms. The SMILES string of the molecule is COc1ccc(C([O-])=C2C(=O)C(=O)N(CCC[NH+](C)C)C2c2ccc(F)cc2)cc1OC. The van der Waals surface area contributed by atoms with E-state index in [2.05, 4.69) is 0 Å². The molecule has 0 aromatic heterocycles. The first-order valence-electron chi connectivity index (χ1n) is 10.3. The van der Waals surface area contributed by atoms with Crippen molar-refractivity contribution in [1.82, 2.24) is 4.90 Å². The van der Waals surface area contributed by atoms with E-state index in [0.29, 0.717) is 30.0 Å². The summed E-state index contributed by atoms with van der Waals surface area (Å²) < 4.78 is 24.0. The smallest absolute Gasteiger partial charge is 0.295 e. The van der Waals surface area contributed by atoms with Crippen LogP contribution in [0.15, 0.2) is 48.0 Å². The van der Waals surface area contributed by atoms with Crippen molar-refractivity contribution in [2.75, 3.05) is 41.4 Å². The fourth-order valence-corrected chi connectivity index (χ4v) is 3.83. The van der Waals surface area contributed by atoms with Crippen molar-refractivity contribution in [1.29, 1.82) is 0 Å². The summed E-state index contributed by atoms with van der Waals surface area (Å²) in [5, 5.41) is 13.4. The third-order valence-corrected chi connectivity index (χ3v) is 5.44. The molecule has 2 aromatic carbocycles. The lowest BCUT2D eigenvalue weighted by molar-refractivity contribution is -0.858. The molecule has 7 nitrogen and oxygen atoms in total. The number of hydrogen-bond acceptors (Lipinski definition) is 5. The Labute approximate surface area is 186 Å². The van der Waals surface area contributed by atoms with Gasteiger partial charge >= 0.3 is 0 Å². The Kier molecular flexibility index (Phi) is 7.15. The fraction of sp³-hybridized carbons (Fsp3) is 0.333. The minimum Gasteiger partial charge on any atom is -0.872 e. The maximum Gasteiger partial charge on any atom is 0.295 e. The van der Waals surface area contributed by atoms with E-state index in [1.807, 2.05) is 14.1 Å². The van der Waals surface area contributed by atoms with Gasteiger partial charge in [0.15, 0.2) is 11.5 Å². The van der Waals surface area contributed by atoms with E-state index in [4.69, 9.17) is 9.47 Å². The number of carbonyl (C=O) groups is 2. The number of carbonyl (C=O) groups excluding carboxylic acids is 2. The van der Waals surface area contributed by atoms with E-state index in [1.54, 1.807) is 6.07 Å². The average molecular weight is 442 g/mol. The van der Waals surface area contributed by atoms with Crippen molar-refractivity contribution in [2.45, 2.75) is 12.5 Å². The Bertz CT molecular complexity index is 1030. The van der Waals surface area contributed by atoms with Gasteiger partial charge in [0.2, 0.25) is 5.78 Å². The zero-order valence-corrected chi connectivity index (χ0v) is 18.6. The first kappa shape index (κ1) is 23.3. The van der Waals surface area contributed by atoms with Gasteiger partial charge in [-0.3, -0.25) is 9.59 Å². The number of rotatable bonds is 8. The number of halogens is 1. The van der Waals surface area contributed by atoms with Gasteiger partial charge in [0, 0.05) is 18.5 Å². The number of methoxy groups -OCH3 is 2. The molecule has 1 saturated heterocycles. The molecule has 2 aromatic rings. The highest BCUT2D eigenvalue weighted by Crippen LogP contribution is 2.39. The number of ketones is 1. The fourth-order valence-electron chi connectivity index (χ4n) is 3.83. The number of likely N-dealkylation sites (tertiary alicyclic amines) is 1. The number of quaternary nitrogens is 1. The number of nitrogens with one attached hydrogen (secondary N) is 1. The second-order valence-corrected chi connectivity index (χ2v) is 7.90. The lowest BCUT2D eigenvalue weighted by Gasteiger charge is -2.27. The number of Topliss-reactive ketones (excluding diaryl/α,β-unsaturated/α-hetero) is 1.